The fraction of sp³-hybridized carbons (Fsp3) is 0.462. The van der Waals surface area contributed by atoms with Crippen molar-refractivity contribution in [3.8, 4) is 5.75 Å². The summed E-state index contributed by atoms with van der Waals surface area (Å²) in [6.45, 7) is 3.34. The molecule has 0 aliphatic carbocycles. The molecule has 2 N–H and O–H groups in total. The van der Waals surface area contributed by atoms with Crippen LogP contribution in [0.4, 0.5) is 4.79 Å². The minimum atomic E-state index is -0.295. The molecule has 92 valence electrons. The first-order valence-electron chi connectivity index (χ1n) is 5.96. The molecule has 0 saturated carbocycles. The van der Waals surface area contributed by atoms with Crippen LogP contribution in [0.25, 0.3) is 0 Å². The molecule has 4 heteroatoms. The van der Waals surface area contributed by atoms with Crippen LogP contribution < -0.4 is 10.5 Å². The fourth-order valence-corrected chi connectivity index (χ4v) is 2.24. The highest BCUT2D eigenvalue weighted by atomic mass is 16.6. The number of rotatable bonds is 2. The molecule has 1 aliphatic heterocycles. The molecule has 2 unspecified atom stereocenters. The third kappa shape index (κ3) is 2.58. The minimum absolute atomic E-state index is 0.103. The van der Waals surface area contributed by atoms with Gasteiger partial charge >= 0.3 is 6.09 Å². The predicted molar refractivity (Wildman–Crippen MR) is 65.8 cm³/mol. The van der Waals surface area contributed by atoms with E-state index in [1.807, 2.05) is 18.2 Å². The van der Waals surface area contributed by atoms with E-state index in [9.17, 15) is 4.79 Å². The van der Waals surface area contributed by atoms with E-state index in [4.69, 9.17) is 10.5 Å². The van der Waals surface area contributed by atoms with Crippen LogP contribution in [0.2, 0.25) is 0 Å². The molecule has 2 atom stereocenters. The number of carbonyl (C=O) groups excluding carboxylic acids is 1. The minimum Gasteiger partial charge on any atom is -0.410 e. The summed E-state index contributed by atoms with van der Waals surface area (Å²) in [6, 6.07) is 9.22. The number of benzene rings is 1. The second-order valence-electron chi connectivity index (χ2n) is 4.44. The standard InChI is InChI=1S/C13H18N2O2/c1-10-7-8-15(12(10)9-14)13(16)17-11-5-3-2-4-6-11/h2-6,10,12H,7-9,14H2,1H3. The average Bonchev–Trinajstić information content (AvgIpc) is 2.71. The first-order valence-corrected chi connectivity index (χ1v) is 5.96. The number of nitrogens with zero attached hydrogens (tertiary/aromatic N) is 1. The third-order valence-corrected chi connectivity index (χ3v) is 3.31. The van der Waals surface area contributed by atoms with E-state index in [0.29, 0.717) is 18.2 Å². The van der Waals surface area contributed by atoms with Gasteiger partial charge in [0.05, 0.1) is 0 Å². The summed E-state index contributed by atoms with van der Waals surface area (Å²) in [5.74, 6) is 1.02. The zero-order valence-electron chi connectivity index (χ0n) is 10.0. The molecular weight excluding hydrogens is 216 g/mol. The Morgan fingerprint density at radius 3 is 2.82 bits per heavy atom. The molecule has 0 radical (unpaired) electrons. The van der Waals surface area contributed by atoms with Gasteiger partial charge in [-0.3, -0.25) is 0 Å². The maximum Gasteiger partial charge on any atom is 0.415 e. The monoisotopic (exact) mass is 234 g/mol. The Morgan fingerprint density at radius 1 is 1.47 bits per heavy atom. The number of likely N-dealkylation sites (tertiary alicyclic amines) is 1. The molecule has 1 aromatic rings. The lowest BCUT2D eigenvalue weighted by atomic mass is 10.0. The second kappa shape index (κ2) is 5.19. The Balaban J connectivity index is 2.01. The van der Waals surface area contributed by atoms with Crippen molar-refractivity contribution in [1.82, 2.24) is 4.90 Å². The van der Waals surface area contributed by atoms with Gasteiger partial charge in [0, 0.05) is 19.1 Å². The fourth-order valence-electron chi connectivity index (χ4n) is 2.24. The molecule has 4 nitrogen and oxygen atoms in total. The molecule has 17 heavy (non-hydrogen) atoms. The molecular formula is C13H18N2O2. The molecule has 0 spiro atoms. The second-order valence-corrected chi connectivity index (χ2v) is 4.44. The first kappa shape index (κ1) is 11.9. The molecule has 0 bridgehead atoms. The Bertz CT molecular complexity index is 380. The van der Waals surface area contributed by atoms with Gasteiger partial charge in [-0.2, -0.15) is 0 Å². The van der Waals surface area contributed by atoms with Gasteiger partial charge in [-0.15, -0.1) is 0 Å². The van der Waals surface area contributed by atoms with Crippen LogP contribution in [0, 0.1) is 5.92 Å². The summed E-state index contributed by atoms with van der Waals surface area (Å²) in [5.41, 5.74) is 5.70. The van der Waals surface area contributed by atoms with Gasteiger partial charge in [0.2, 0.25) is 0 Å². The molecule has 1 heterocycles. The number of hydrogen-bond acceptors (Lipinski definition) is 3. The van der Waals surface area contributed by atoms with Gasteiger partial charge in [0.15, 0.2) is 0 Å². The van der Waals surface area contributed by atoms with Crippen LogP contribution in [0.15, 0.2) is 30.3 Å². The quantitative estimate of drug-likeness (QED) is 0.849. The van der Waals surface area contributed by atoms with Crippen LogP contribution in [-0.4, -0.2) is 30.1 Å². The van der Waals surface area contributed by atoms with Gasteiger partial charge in [-0.05, 0) is 24.5 Å². The number of amides is 1. The summed E-state index contributed by atoms with van der Waals surface area (Å²) in [5, 5.41) is 0. The summed E-state index contributed by atoms with van der Waals surface area (Å²) in [6.07, 6.45) is 0.696. The van der Waals surface area contributed by atoms with E-state index < -0.39 is 0 Å². The lowest BCUT2D eigenvalue weighted by Crippen LogP contribution is -2.43. The highest BCUT2D eigenvalue weighted by molar-refractivity contribution is 5.71. The molecule has 1 aliphatic rings. The lowest BCUT2D eigenvalue weighted by Gasteiger charge is -2.24. The van der Waals surface area contributed by atoms with Crippen molar-refractivity contribution in [2.24, 2.45) is 11.7 Å². The maximum atomic E-state index is 12.0. The Labute approximate surface area is 101 Å². The van der Waals surface area contributed by atoms with Gasteiger partial charge in [0.1, 0.15) is 5.75 Å². The maximum absolute atomic E-state index is 12.0. The number of ether oxygens (including phenoxy) is 1. The Morgan fingerprint density at radius 2 is 2.18 bits per heavy atom. The zero-order chi connectivity index (χ0) is 12.3. The largest absolute Gasteiger partial charge is 0.415 e. The molecule has 0 aromatic heterocycles. The Kier molecular flexibility index (Phi) is 3.64. The number of hydrogen-bond donors (Lipinski definition) is 1. The van der Waals surface area contributed by atoms with Gasteiger partial charge in [-0.1, -0.05) is 25.1 Å². The zero-order valence-corrected chi connectivity index (χ0v) is 10.0. The van der Waals surface area contributed by atoms with Crippen molar-refractivity contribution in [3.63, 3.8) is 0 Å². The van der Waals surface area contributed by atoms with E-state index in [1.165, 1.54) is 0 Å². The third-order valence-electron chi connectivity index (χ3n) is 3.31. The van der Waals surface area contributed by atoms with Crippen LogP contribution in [0.5, 0.6) is 5.75 Å². The van der Waals surface area contributed by atoms with Crippen LogP contribution >= 0.6 is 0 Å². The van der Waals surface area contributed by atoms with E-state index in [2.05, 4.69) is 6.92 Å². The molecule has 1 saturated heterocycles. The normalized spacial score (nSPS) is 23.8. The van der Waals surface area contributed by atoms with Gasteiger partial charge in [-0.25, -0.2) is 4.79 Å². The number of para-hydroxylation sites is 1. The smallest absolute Gasteiger partial charge is 0.410 e. The molecule has 1 aromatic carbocycles. The summed E-state index contributed by atoms with van der Waals surface area (Å²) < 4.78 is 5.31. The molecule has 2 rings (SSSR count). The number of carbonyl (C=O) groups is 1. The summed E-state index contributed by atoms with van der Waals surface area (Å²) in [7, 11) is 0. The molecule has 1 amide bonds. The van der Waals surface area contributed by atoms with E-state index in [1.54, 1.807) is 17.0 Å². The SMILES string of the molecule is CC1CCN(C(=O)Oc2ccccc2)C1CN. The van der Waals surface area contributed by atoms with Crippen molar-refractivity contribution in [3.05, 3.63) is 30.3 Å². The van der Waals surface area contributed by atoms with Gasteiger partial charge in [0.25, 0.3) is 0 Å². The van der Waals surface area contributed by atoms with Gasteiger partial charge < -0.3 is 15.4 Å². The van der Waals surface area contributed by atoms with E-state index in [0.717, 1.165) is 13.0 Å². The topological polar surface area (TPSA) is 55.6 Å². The van der Waals surface area contributed by atoms with Crippen molar-refractivity contribution in [1.29, 1.82) is 0 Å². The first-order chi connectivity index (χ1) is 8.22. The van der Waals surface area contributed by atoms with Crippen molar-refractivity contribution >= 4 is 6.09 Å². The highest BCUT2D eigenvalue weighted by Crippen LogP contribution is 2.24. The summed E-state index contributed by atoms with van der Waals surface area (Å²) in [4.78, 5) is 13.7. The van der Waals surface area contributed by atoms with Crippen molar-refractivity contribution in [2.75, 3.05) is 13.1 Å². The lowest BCUT2D eigenvalue weighted by molar-refractivity contribution is 0.144. The van der Waals surface area contributed by atoms with Crippen LogP contribution in [0.3, 0.4) is 0 Å². The van der Waals surface area contributed by atoms with Crippen molar-refractivity contribution < 1.29 is 9.53 Å². The highest BCUT2D eigenvalue weighted by Gasteiger charge is 2.34. The van der Waals surface area contributed by atoms with Crippen LogP contribution in [0.1, 0.15) is 13.3 Å². The molecule has 1 fully saturated rings. The van der Waals surface area contributed by atoms with Crippen molar-refractivity contribution in [2.45, 2.75) is 19.4 Å². The summed E-state index contributed by atoms with van der Waals surface area (Å²) >= 11 is 0. The van der Waals surface area contributed by atoms with E-state index >= 15 is 0 Å². The number of nitrogens with two attached hydrogens (primary N) is 1. The van der Waals surface area contributed by atoms with E-state index in [-0.39, 0.29) is 12.1 Å². The van der Waals surface area contributed by atoms with Crippen LogP contribution in [-0.2, 0) is 0 Å². The average molecular weight is 234 g/mol. The predicted octanol–water partition coefficient (Wildman–Crippen LogP) is 1.85. The Hall–Kier alpha value is -1.55.